The van der Waals surface area contributed by atoms with Gasteiger partial charge in [0.25, 0.3) is 5.91 Å². The van der Waals surface area contributed by atoms with Gasteiger partial charge < -0.3 is 19.1 Å². The Bertz CT molecular complexity index is 1060. The van der Waals surface area contributed by atoms with E-state index in [0.29, 0.717) is 36.9 Å². The van der Waals surface area contributed by atoms with Crippen LogP contribution in [0.3, 0.4) is 0 Å². The van der Waals surface area contributed by atoms with Crippen LogP contribution in [-0.4, -0.2) is 47.7 Å². The Hall–Kier alpha value is -3.68. The SMILES string of the molecule is COc1ccc(COc2ccc3c(c2)CN(C(=O)c2ccc(OCCF)nc2)CC3)nc1. The second kappa shape index (κ2) is 10.1. The van der Waals surface area contributed by atoms with E-state index in [0.717, 1.165) is 23.4 Å². The van der Waals surface area contributed by atoms with Crippen molar-refractivity contribution in [3.8, 4) is 17.4 Å². The third-order valence-corrected chi connectivity index (χ3v) is 5.21. The summed E-state index contributed by atoms with van der Waals surface area (Å²) in [4.78, 5) is 23.1. The molecule has 4 rings (SSSR count). The molecule has 0 saturated carbocycles. The number of carbonyl (C=O) groups is 1. The van der Waals surface area contributed by atoms with Crippen LogP contribution >= 0.6 is 0 Å². The first-order chi connectivity index (χ1) is 15.7. The van der Waals surface area contributed by atoms with Crippen LogP contribution in [0.2, 0.25) is 0 Å². The molecule has 7 nitrogen and oxygen atoms in total. The van der Waals surface area contributed by atoms with Crippen LogP contribution in [0.4, 0.5) is 4.39 Å². The summed E-state index contributed by atoms with van der Waals surface area (Å²) in [5.41, 5.74) is 3.53. The van der Waals surface area contributed by atoms with Gasteiger partial charge >= 0.3 is 0 Å². The minimum absolute atomic E-state index is 0.0534. The van der Waals surface area contributed by atoms with Crippen molar-refractivity contribution in [3.05, 3.63) is 77.2 Å². The lowest BCUT2D eigenvalue weighted by atomic mass is 9.99. The van der Waals surface area contributed by atoms with Gasteiger partial charge in [-0.1, -0.05) is 6.07 Å². The van der Waals surface area contributed by atoms with Crippen molar-refractivity contribution in [2.45, 2.75) is 19.6 Å². The first-order valence-corrected chi connectivity index (χ1v) is 10.3. The number of halogens is 1. The van der Waals surface area contributed by atoms with Gasteiger partial charge in [-0.3, -0.25) is 9.78 Å². The van der Waals surface area contributed by atoms with E-state index >= 15 is 0 Å². The number of methoxy groups -OCH3 is 1. The second-order valence-electron chi connectivity index (χ2n) is 7.31. The zero-order chi connectivity index (χ0) is 22.3. The summed E-state index contributed by atoms with van der Waals surface area (Å²) >= 11 is 0. The standard InChI is InChI=1S/C24H24FN3O4/c1-30-22-6-4-20(26-14-22)16-32-21-5-2-17-8-10-28(15-19(17)12-21)24(29)18-3-7-23(27-13-18)31-11-9-25/h2-7,12-14H,8-11,15-16H2,1H3. The fourth-order valence-corrected chi connectivity index (χ4v) is 3.49. The van der Waals surface area contributed by atoms with Gasteiger partial charge in [-0.05, 0) is 47.9 Å². The molecule has 0 aliphatic carbocycles. The molecule has 0 bridgehead atoms. The zero-order valence-corrected chi connectivity index (χ0v) is 17.8. The number of aromatic nitrogens is 2. The molecule has 0 fully saturated rings. The molecule has 0 atom stereocenters. The Labute approximate surface area is 185 Å². The van der Waals surface area contributed by atoms with Gasteiger partial charge in [-0.15, -0.1) is 0 Å². The molecule has 0 spiro atoms. The maximum atomic E-state index is 12.9. The van der Waals surface area contributed by atoms with Crippen LogP contribution in [0, 0.1) is 0 Å². The first kappa shape index (κ1) is 21.5. The van der Waals surface area contributed by atoms with Crippen molar-refractivity contribution < 1.29 is 23.4 Å². The number of hydrogen-bond acceptors (Lipinski definition) is 6. The minimum Gasteiger partial charge on any atom is -0.495 e. The summed E-state index contributed by atoms with van der Waals surface area (Å²) in [5.74, 6) is 1.63. The second-order valence-corrected chi connectivity index (χ2v) is 7.31. The molecule has 3 aromatic rings. The lowest BCUT2D eigenvalue weighted by Crippen LogP contribution is -2.36. The highest BCUT2D eigenvalue weighted by Crippen LogP contribution is 2.25. The normalized spacial score (nSPS) is 12.8. The molecular formula is C24H24FN3O4. The molecule has 2 aromatic heterocycles. The van der Waals surface area contributed by atoms with Gasteiger partial charge in [0.1, 0.15) is 31.4 Å². The number of fused-ring (bicyclic) bond motifs is 1. The van der Waals surface area contributed by atoms with Crippen molar-refractivity contribution in [2.75, 3.05) is 26.9 Å². The largest absolute Gasteiger partial charge is 0.495 e. The maximum Gasteiger partial charge on any atom is 0.255 e. The number of pyridine rings is 2. The topological polar surface area (TPSA) is 73.8 Å². The minimum atomic E-state index is -0.585. The van der Waals surface area contributed by atoms with Crippen LogP contribution in [0.15, 0.2) is 54.9 Å². The van der Waals surface area contributed by atoms with Gasteiger partial charge in [0.05, 0.1) is 24.6 Å². The van der Waals surface area contributed by atoms with Crippen LogP contribution < -0.4 is 14.2 Å². The van der Waals surface area contributed by atoms with Crippen molar-refractivity contribution in [3.63, 3.8) is 0 Å². The van der Waals surface area contributed by atoms with Crippen molar-refractivity contribution >= 4 is 5.91 Å². The van der Waals surface area contributed by atoms with Crippen LogP contribution in [0.25, 0.3) is 0 Å². The van der Waals surface area contributed by atoms with Gasteiger partial charge in [0.2, 0.25) is 5.88 Å². The van der Waals surface area contributed by atoms with E-state index in [4.69, 9.17) is 14.2 Å². The molecule has 0 unspecified atom stereocenters. The van der Waals surface area contributed by atoms with E-state index in [1.807, 2.05) is 30.3 Å². The summed E-state index contributed by atoms with van der Waals surface area (Å²) in [6.45, 7) is 0.822. The van der Waals surface area contributed by atoms with E-state index in [2.05, 4.69) is 9.97 Å². The molecule has 1 aromatic carbocycles. The van der Waals surface area contributed by atoms with Gasteiger partial charge in [0.15, 0.2) is 0 Å². The molecule has 3 heterocycles. The van der Waals surface area contributed by atoms with Gasteiger partial charge in [0, 0.05) is 25.4 Å². The average Bonchev–Trinajstić information content (AvgIpc) is 2.86. The molecule has 0 N–H and O–H groups in total. The number of amides is 1. The third kappa shape index (κ3) is 5.14. The van der Waals surface area contributed by atoms with E-state index in [-0.39, 0.29) is 12.5 Å². The summed E-state index contributed by atoms with van der Waals surface area (Å²) in [5, 5.41) is 0. The average molecular weight is 437 g/mol. The lowest BCUT2D eigenvalue weighted by Gasteiger charge is -2.29. The van der Waals surface area contributed by atoms with Crippen molar-refractivity contribution in [1.29, 1.82) is 0 Å². The predicted octanol–water partition coefficient (Wildman–Crippen LogP) is 3.61. The Morgan fingerprint density at radius 3 is 2.62 bits per heavy atom. The zero-order valence-electron chi connectivity index (χ0n) is 17.8. The highest BCUT2D eigenvalue weighted by molar-refractivity contribution is 5.94. The van der Waals surface area contributed by atoms with Gasteiger partial charge in [-0.25, -0.2) is 9.37 Å². The quantitative estimate of drug-likeness (QED) is 0.536. The summed E-state index contributed by atoms with van der Waals surface area (Å²) in [6, 6.07) is 12.9. The predicted molar refractivity (Wildman–Crippen MR) is 116 cm³/mol. The maximum absolute atomic E-state index is 12.9. The monoisotopic (exact) mass is 437 g/mol. The molecule has 166 valence electrons. The van der Waals surface area contributed by atoms with Gasteiger partial charge in [-0.2, -0.15) is 0 Å². The van der Waals surface area contributed by atoms with Crippen LogP contribution in [0.5, 0.6) is 17.4 Å². The van der Waals surface area contributed by atoms with Crippen molar-refractivity contribution in [1.82, 2.24) is 14.9 Å². The molecule has 8 heteroatoms. The molecule has 1 aliphatic rings. The van der Waals surface area contributed by atoms with Crippen LogP contribution in [0.1, 0.15) is 27.2 Å². The number of carbonyl (C=O) groups excluding carboxylic acids is 1. The summed E-state index contributed by atoms with van der Waals surface area (Å²) in [7, 11) is 1.60. The van der Waals surface area contributed by atoms with E-state index in [1.54, 1.807) is 30.3 Å². The Balaban J connectivity index is 1.39. The van der Waals surface area contributed by atoms with E-state index < -0.39 is 6.67 Å². The van der Waals surface area contributed by atoms with Crippen LogP contribution in [-0.2, 0) is 19.6 Å². The molecule has 1 amide bonds. The molecule has 1 aliphatic heterocycles. The first-order valence-electron chi connectivity index (χ1n) is 10.3. The van der Waals surface area contributed by atoms with Crippen molar-refractivity contribution in [2.24, 2.45) is 0 Å². The Morgan fingerprint density at radius 1 is 1.03 bits per heavy atom. The Kier molecular flexibility index (Phi) is 6.79. The third-order valence-electron chi connectivity index (χ3n) is 5.21. The Morgan fingerprint density at radius 2 is 1.91 bits per heavy atom. The molecule has 0 radical (unpaired) electrons. The van der Waals surface area contributed by atoms with E-state index in [1.165, 1.54) is 11.8 Å². The lowest BCUT2D eigenvalue weighted by molar-refractivity contribution is 0.0734. The molecule has 0 saturated heterocycles. The number of rotatable bonds is 8. The number of benzene rings is 1. The smallest absolute Gasteiger partial charge is 0.255 e. The summed E-state index contributed by atoms with van der Waals surface area (Å²) < 4.78 is 28.4. The summed E-state index contributed by atoms with van der Waals surface area (Å²) in [6.07, 6.45) is 3.89. The number of hydrogen-bond donors (Lipinski definition) is 0. The highest BCUT2D eigenvalue weighted by atomic mass is 19.1. The molecular weight excluding hydrogens is 413 g/mol. The van der Waals surface area contributed by atoms with E-state index in [9.17, 15) is 9.18 Å². The fraction of sp³-hybridized carbons (Fsp3) is 0.292. The highest BCUT2D eigenvalue weighted by Gasteiger charge is 2.22. The number of ether oxygens (including phenoxy) is 3. The molecule has 32 heavy (non-hydrogen) atoms. The number of nitrogens with zero attached hydrogens (tertiary/aromatic N) is 3. The number of alkyl halides is 1. The fourth-order valence-electron chi connectivity index (χ4n) is 3.49.